The lowest BCUT2D eigenvalue weighted by atomic mass is 10.0. The average molecular weight is 512 g/mol. The summed E-state index contributed by atoms with van der Waals surface area (Å²) >= 11 is 0. The zero-order valence-electron chi connectivity index (χ0n) is 22.7. The Morgan fingerprint density at radius 3 is 2.55 bits per heavy atom. The molecule has 1 N–H and O–H groups in total. The Bertz CT molecular complexity index is 1490. The van der Waals surface area contributed by atoms with Gasteiger partial charge in [0.05, 0.1) is 6.04 Å². The van der Waals surface area contributed by atoms with Gasteiger partial charge in [0.25, 0.3) is 5.56 Å². The van der Waals surface area contributed by atoms with Crippen molar-refractivity contribution in [3.8, 4) is 0 Å². The fraction of sp³-hybridized carbons (Fsp3) is 0.467. The predicted octanol–water partition coefficient (Wildman–Crippen LogP) is 4.72. The Morgan fingerprint density at radius 2 is 1.79 bits per heavy atom. The molecule has 6 rings (SSSR count). The molecule has 1 aliphatic carbocycles. The van der Waals surface area contributed by atoms with E-state index in [0.717, 1.165) is 67.7 Å². The normalized spacial score (nSPS) is 17.9. The highest BCUT2D eigenvalue weighted by molar-refractivity contribution is 5.80. The Hall–Kier alpha value is -3.52. The standard InChI is InChI=1S/C30H37N7O/c1-4-22-11-12-26-23(18-22)19-25(30(38)31-26)28(29-32-33-34-37(29)24-7-5-6-8-24)36-15-13-35(14-16-36)27-17-20(2)9-10-21(27)3/h9-12,17-19,24,28H,4-8,13-16H2,1-3H3,(H,31,38). The summed E-state index contributed by atoms with van der Waals surface area (Å²) in [6.07, 6.45) is 5.51. The van der Waals surface area contributed by atoms with Crippen molar-refractivity contribution in [3.63, 3.8) is 0 Å². The first-order valence-corrected chi connectivity index (χ1v) is 14.0. The van der Waals surface area contributed by atoms with Gasteiger partial charge in [0.2, 0.25) is 0 Å². The first-order valence-electron chi connectivity index (χ1n) is 14.0. The number of fused-ring (bicyclic) bond motifs is 1. The van der Waals surface area contributed by atoms with Crippen molar-refractivity contribution in [1.29, 1.82) is 0 Å². The summed E-state index contributed by atoms with van der Waals surface area (Å²) in [5.41, 5.74) is 6.64. The van der Waals surface area contributed by atoms with E-state index in [1.54, 1.807) is 0 Å². The van der Waals surface area contributed by atoms with Crippen molar-refractivity contribution in [2.24, 2.45) is 0 Å². The van der Waals surface area contributed by atoms with Crippen LogP contribution in [0.5, 0.6) is 0 Å². The van der Waals surface area contributed by atoms with Crippen LogP contribution < -0.4 is 10.5 Å². The van der Waals surface area contributed by atoms with Crippen LogP contribution in [0.25, 0.3) is 10.9 Å². The van der Waals surface area contributed by atoms with Gasteiger partial charge in [-0.1, -0.05) is 38.0 Å². The van der Waals surface area contributed by atoms with Gasteiger partial charge in [-0.2, -0.15) is 0 Å². The Balaban J connectivity index is 1.39. The molecular formula is C30H37N7O. The molecule has 1 aliphatic heterocycles. The second-order valence-electron chi connectivity index (χ2n) is 11.0. The maximum Gasteiger partial charge on any atom is 0.253 e. The maximum atomic E-state index is 13.6. The lowest BCUT2D eigenvalue weighted by molar-refractivity contribution is 0.196. The Kier molecular flexibility index (Phi) is 6.74. The van der Waals surface area contributed by atoms with E-state index in [4.69, 9.17) is 0 Å². The number of aromatic amines is 1. The van der Waals surface area contributed by atoms with Crippen molar-refractivity contribution in [2.75, 3.05) is 31.1 Å². The van der Waals surface area contributed by atoms with E-state index in [9.17, 15) is 4.79 Å². The number of piperazine rings is 1. The van der Waals surface area contributed by atoms with Gasteiger partial charge in [0.15, 0.2) is 5.82 Å². The minimum atomic E-state index is -0.301. The van der Waals surface area contributed by atoms with Crippen LogP contribution in [-0.4, -0.2) is 56.3 Å². The van der Waals surface area contributed by atoms with Crippen molar-refractivity contribution in [3.05, 3.63) is 80.9 Å². The molecule has 0 amide bonds. The highest BCUT2D eigenvalue weighted by atomic mass is 16.1. The number of anilines is 1. The number of pyridine rings is 1. The van der Waals surface area contributed by atoms with Gasteiger partial charge in [-0.15, -0.1) is 5.10 Å². The minimum Gasteiger partial charge on any atom is -0.369 e. The molecule has 198 valence electrons. The van der Waals surface area contributed by atoms with Gasteiger partial charge in [0, 0.05) is 42.9 Å². The van der Waals surface area contributed by atoms with E-state index < -0.39 is 0 Å². The van der Waals surface area contributed by atoms with Crippen LogP contribution >= 0.6 is 0 Å². The van der Waals surface area contributed by atoms with Gasteiger partial charge in [-0.3, -0.25) is 9.69 Å². The second-order valence-corrected chi connectivity index (χ2v) is 11.0. The summed E-state index contributed by atoms with van der Waals surface area (Å²) in [7, 11) is 0. The third-order valence-electron chi connectivity index (χ3n) is 8.46. The molecule has 0 bridgehead atoms. The van der Waals surface area contributed by atoms with E-state index in [1.807, 2.05) is 10.7 Å². The molecule has 8 heteroatoms. The molecule has 1 atom stereocenters. The van der Waals surface area contributed by atoms with Crippen LogP contribution in [-0.2, 0) is 6.42 Å². The topological polar surface area (TPSA) is 82.9 Å². The number of H-pyrrole nitrogens is 1. The fourth-order valence-electron chi connectivity index (χ4n) is 6.27. The monoisotopic (exact) mass is 511 g/mol. The molecule has 2 aromatic carbocycles. The van der Waals surface area contributed by atoms with E-state index >= 15 is 0 Å². The second kappa shape index (κ2) is 10.3. The number of rotatable bonds is 6. The average Bonchev–Trinajstić information content (AvgIpc) is 3.63. The molecule has 38 heavy (non-hydrogen) atoms. The largest absolute Gasteiger partial charge is 0.369 e. The molecule has 2 fully saturated rings. The Morgan fingerprint density at radius 1 is 1.00 bits per heavy atom. The highest BCUT2D eigenvalue weighted by Crippen LogP contribution is 2.35. The molecule has 1 unspecified atom stereocenters. The van der Waals surface area contributed by atoms with Gasteiger partial charge in [-0.25, -0.2) is 4.68 Å². The zero-order valence-corrected chi connectivity index (χ0v) is 22.7. The molecular weight excluding hydrogens is 474 g/mol. The molecule has 1 saturated carbocycles. The van der Waals surface area contributed by atoms with Gasteiger partial charge >= 0.3 is 0 Å². The highest BCUT2D eigenvalue weighted by Gasteiger charge is 2.35. The van der Waals surface area contributed by atoms with Gasteiger partial charge in [0.1, 0.15) is 6.04 Å². The molecule has 2 aromatic heterocycles. The van der Waals surface area contributed by atoms with Crippen molar-refractivity contribution >= 4 is 16.6 Å². The van der Waals surface area contributed by atoms with E-state index in [2.05, 4.69) is 87.5 Å². The van der Waals surface area contributed by atoms with Crippen LogP contribution in [0.15, 0.2) is 47.3 Å². The molecule has 8 nitrogen and oxygen atoms in total. The first kappa shape index (κ1) is 24.8. The van der Waals surface area contributed by atoms with Crippen LogP contribution in [0.4, 0.5) is 5.69 Å². The summed E-state index contributed by atoms with van der Waals surface area (Å²) in [5, 5.41) is 14.2. The zero-order chi connectivity index (χ0) is 26.2. The number of hydrogen-bond donors (Lipinski definition) is 1. The van der Waals surface area contributed by atoms with Crippen molar-refractivity contribution in [1.82, 2.24) is 30.1 Å². The summed E-state index contributed by atoms with van der Waals surface area (Å²) in [6, 6.07) is 15.0. The van der Waals surface area contributed by atoms with Gasteiger partial charge in [-0.05, 0) is 89.9 Å². The summed E-state index contributed by atoms with van der Waals surface area (Å²) < 4.78 is 2.01. The van der Waals surface area contributed by atoms with Crippen LogP contribution in [0.3, 0.4) is 0 Å². The number of nitrogens with one attached hydrogen (secondary N) is 1. The molecule has 0 spiro atoms. The van der Waals surface area contributed by atoms with Crippen LogP contribution in [0.2, 0.25) is 0 Å². The maximum absolute atomic E-state index is 13.6. The van der Waals surface area contributed by atoms with Crippen molar-refractivity contribution in [2.45, 2.75) is 65.0 Å². The Labute approximate surface area is 223 Å². The predicted molar refractivity (Wildman–Crippen MR) is 151 cm³/mol. The summed E-state index contributed by atoms with van der Waals surface area (Å²) in [6.45, 7) is 9.90. The number of aryl methyl sites for hydroxylation is 3. The minimum absolute atomic E-state index is 0.0651. The number of nitrogens with zero attached hydrogens (tertiary/aromatic N) is 6. The molecule has 2 aliphatic rings. The fourth-order valence-corrected chi connectivity index (χ4v) is 6.27. The number of benzene rings is 2. The van der Waals surface area contributed by atoms with E-state index in [1.165, 1.54) is 35.2 Å². The molecule has 0 radical (unpaired) electrons. The number of tetrazole rings is 1. The first-order chi connectivity index (χ1) is 18.5. The van der Waals surface area contributed by atoms with Crippen LogP contribution in [0, 0.1) is 13.8 Å². The van der Waals surface area contributed by atoms with Crippen LogP contribution in [0.1, 0.15) is 72.8 Å². The quantitative estimate of drug-likeness (QED) is 0.403. The third-order valence-corrected chi connectivity index (χ3v) is 8.46. The lowest BCUT2D eigenvalue weighted by Crippen LogP contribution is -2.49. The SMILES string of the molecule is CCc1ccc2[nH]c(=O)c(C(c3nnnn3C3CCCC3)N3CCN(c4cc(C)ccc4C)CC3)cc2c1. The summed E-state index contributed by atoms with van der Waals surface area (Å²) in [4.78, 5) is 21.6. The van der Waals surface area contributed by atoms with Crippen molar-refractivity contribution < 1.29 is 0 Å². The lowest BCUT2D eigenvalue weighted by Gasteiger charge is -2.40. The smallest absolute Gasteiger partial charge is 0.253 e. The molecule has 4 aromatic rings. The van der Waals surface area contributed by atoms with E-state index in [-0.39, 0.29) is 11.6 Å². The molecule has 3 heterocycles. The third kappa shape index (κ3) is 4.62. The summed E-state index contributed by atoms with van der Waals surface area (Å²) in [5.74, 6) is 0.786. The van der Waals surface area contributed by atoms with Gasteiger partial charge < -0.3 is 9.88 Å². The number of aromatic nitrogens is 5. The molecule has 1 saturated heterocycles. The van der Waals surface area contributed by atoms with E-state index in [0.29, 0.717) is 6.04 Å². The number of hydrogen-bond acceptors (Lipinski definition) is 6.